The predicted molar refractivity (Wildman–Crippen MR) is 161 cm³/mol. The Bertz CT molecular complexity index is 402. The standard InChI is InChI=1S/C18H36O2.C14H32N2/c1-2-3-4-5-6-7-8-9-10-11-12-13-14-15-16-17-18(19)20;1-4-5-6-7-8-9-10-11-12-15-13-14-16(2)3/h2-17H2,1H3,(H,19,20);15H,4-14H2,1-3H3. The maximum atomic E-state index is 10.3. The minimum atomic E-state index is -0.653. The van der Waals surface area contributed by atoms with E-state index in [1.807, 2.05) is 0 Å². The topological polar surface area (TPSA) is 52.6 Å². The second-order valence-corrected chi connectivity index (χ2v) is 11.1. The van der Waals surface area contributed by atoms with Gasteiger partial charge >= 0.3 is 5.97 Å². The van der Waals surface area contributed by atoms with Crippen molar-refractivity contribution in [2.45, 2.75) is 168 Å². The number of aliphatic carboxylic acids is 1. The smallest absolute Gasteiger partial charge is 0.303 e. The summed E-state index contributed by atoms with van der Waals surface area (Å²) in [6, 6.07) is 0. The lowest BCUT2D eigenvalue weighted by molar-refractivity contribution is -0.137. The summed E-state index contributed by atoms with van der Waals surface area (Å²) in [6.07, 6.45) is 31.5. The van der Waals surface area contributed by atoms with E-state index in [2.05, 4.69) is 38.2 Å². The van der Waals surface area contributed by atoms with E-state index in [1.165, 1.54) is 141 Å². The van der Waals surface area contributed by atoms with E-state index >= 15 is 0 Å². The molecule has 0 atom stereocenters. The molecule has 4 heteroatoms. The third kappa shape index (κ3) is 40.6. The second-order valence-electron chi connectivity index (χ2n) is 11.1. The van der Waals surface area contributed by atoms with E-state index in [0.29, 0.717) is 6.42 Å². The monoisotopic (exact) mass is 513 g/mol. The molecule has 0 aliphatic rings. The van der Waals surface area contributed by atoms with Crippen LogP contribution in [0.1, 0.15) is 168 Å². The van der Waals surface area contributed by atoms with Crippen LogP contribution in [0.15, 0.2) is 0 Å². The normalized spacial score (nSPS) is 11.0. The number of rotatable bonds is 28. The van der Waals surface area contributed by atoms with Gasteiger partial charge in [-0.05, 0) is 33.5 Å². The van der Waals surface area contributed by atoms with Gasteiger partial charge in [0.1, 0.15) is 0 Å². The molecule has 2 N–H and O–H groups in total. The number of hydrogen-bond donors (Lipinski definition) is 2. The highest BCUT2D eigenvalue weighted by molar-refractivity contribution is 5.66. The fraction of sp³-hybridized carbons (Fsp3) is 0.969. The Balaban J connectivity index is 0. The number of nitrogens with zero attached hydrogens (tertiary/aromatic N) is 1. The maximum Gasteiger partial charge on any atom is 0.303 e. The summed E-state index contributed by atoms with van der Waals surface area (Å²) in [4.78, 5) is 12.6. The quantitative estimate of drug-likeness (QED) is 0.102. The number of carboxylic acid groups (broad SMARTS) is 1. The molecular weight excluding hydrogens is 444 g/mol. The van der Waals surface area contributed by atoms with Crippen LogP contribution in [-0.2, 0) is 4.79 Å². The summed E-state index contributed by atoms with van der Waals surface area (Å²) in [5.41, 5.74) is 0. The number of hydrogen-bond acceptors (Lipinski definition) is 3. The molecule has 0 saturated heterocycles. The maximum absolute atomic E-state index is 10.3. The number of nitrogens with one attached hydrogen (secondary N) is 1. The van der Waals surface area contributed by atoms with Crippen molar-refractivity contribution in [3.8, 4) is 0 Å². The zero-order valence-corrected chi connectivity index (χ0v) is 25.4. The fourth-order valence-electron chi connectivity index (χ4n) is 4.46. The van der Waals surface area contributed by atoms with Crippen molar-refractivity contribution in [2.24, 2.45) is 0 Å². The molecular formula is C32H68N2O2. The first-order chi connectivity index (χ1) is 17.5. The predicted octanol–water partition coefficient (Wildman–Crippen LogP) is 9.61. The summed E-state index contributed by atoms with van der Waals surface area (Å²) in [5, 5.41) is 12.0. The van der Waals surface area contributed by atoms with E-state index in [-0.39, 0.29) is 0 Å². The molecule has 0 aromatic carbocycles. The van der Waals surface area contributed by atoms with Gasteiger partial charge in [-0.2, -0.15) is 0 Å². The van der Waals surface area contributed by atoms with Crippen molar-refractivity contribution < 1.29 is 9.90 Å². The number of carbonyl (C=O) groups is 1. The number of unbranched alkanes of at least 4 members (excludes halogenated alkanes) is 21. The molecule has 36 heavy (non-hydrogen) atoms. The van der Waals surface area contributed by atoms with Crippen LogP contribution in [-0.4, -0.2) is 49.7 Å². The summed E-state index contributed by atoms with van der Waals surface area (Å²) in [7, 11) is 4.25. The molecule has 0 saturated carbocycles. The molecule has 0 bridgehead atoms. The molecule has 0 aromatic rings. The summed E-state index contributed by atoms with van der Waals surface area (Å²) < 4.78 is 0. The van der Waals surface area contributed by atoms with Gasteiger partial charge in [-0.1, -0.05) is 149 Å². The highest BCUT2D eigenvalue weighted by Gasteiger charge is 1.97. The Kier molecular flexibility index (Phi) is 35.9. The molecule has 0 aromatic heterocycles. The molecule has 0 heterocycles. The Morgan fingerprint density at radius 1 is 0.528 bits per heavy atom. The van der Waals surface area contributed by atoms with Gasteiger partial charge in [0.25, 0.3) is 0 Å². The largest absolute Gasteiger partial charge is 0.481 e. The minimum Gasteiger partial charge on any atom is -0.481 e. The van der Waals surface area contributed by atoms with Gasteiger partial charge in [0.15, 0.2) is 0 Å². The van der Waals surface area contributed by atoms with E-state index in [1.54, 1.807) is 0 Å². The molecule has 0 amide bonds. The van der Waals surface area contributed by atoms with E-state index in [0.717, 1.165) is 25.9 Å². The highest BCUT2D eigenvalue weighted by atomic mass is 16.4. The van der Waals surface area contributed by atoms with E-state index in [4.69, 9.17) is 5.11 Å². The lowest BCUT2D eigenvalue weighted by Gasteiger charge is -2.10. The molecule has 0 unspecified atom stereocenters. The van der Waals surface area contributed by atoms with Crippen LogP contribution in [0.3, 0.4) is 0 Å². The molecule has 0 fully saturated rings. The zero-order valence-electron chi connectivity index (χ0n) is 25.4. The van der Waals surface area contributed by atoms with Crippen LogP contribution in [0.5, 0.6) is 0 Å². The van der Waals surface area contributed by atoms with Crippen LogP contribution in [0, 0.1) is 0 Å². The number of carboxylic acids is 1. The van der Waals surface area contributed by atoms with Crippen LogP contribution in [0.25, 0.3) is 0 Å². The van der Waals surface area contributed by atoms with Gasteiger partial charge < -0.3 is 15.3 Å². The van der Waals surface area contributed by atoms with Crippen molar-refractivity contribution >= 4 is 5.97 Å². The first-order valence-electron chi connectivity index (χ1n) is 16.1. The third-order valence-electron chi connectivity index (χ3n) is 6.94. The average Bonchev–Trinajstić information content (AvgIpc) is 2.85. The van der Waals surface area contributed by atoms with Gasteiger partial charge in [-0.3, -0.25) is 4.79 Å². The third-order valence-corrected chi connectivity index (χ3v) is 6.94. The van der Waals surface area contributed by atoms with Crippen LogP contribution in [0.2, 0.25) is 0 Å². The zero-order chi connectivity index (χ0) is 27.0. The molecule has 0 rings (SSSR count). The van der Waals surface area contributed by atoms with E-state index in [9.17, 15) is 4.79 Å². The molecule has 0 radical (unpaired) electrons. The molecule has 4 nitrogen and oxygen atoms in total. The number of likely N-dealkylation sites (N-methyl/N-ethyl adjacent to an activating group) is 1. The second kappa shape index (κ2) is 34.4. The van der Waals surface area contributed by atoms with Gasteiger partial charge in [0, 0.05) is 19.5 Å². The van der Waals surface area contributed by atoms with E-state index < -0.39 is 5.97 Å². The summed E-state index contributed by atoms with van der Waals surface area (Å²) >= 11 is 0. The molecule has 218 valence electrons. The molecule has 0 aliphatic heterocycles. The van der Waals surface area contributed by atoms with Gasteiger partial charge in [0.05, 0.1) is 0 Å². The van der Waals surface area contributed by atoms with Gasteiger partial charge in [-0.25, -0.2) is 0 Å². The minimum absolute atomic E-state index is 0.345. The first kappa shape index (κ1) is 37.5. The van der Waals surface area contributed by atoms with Crippen molar-refractivity contribution in [3.63, 3.8) is 0 Å². The Morgan fingerprint density at radius 3 is 1.19 bits per heavy atom. The van der Waals surface area contributed by atoms with Crippen molar-refractivity contribution in [2.75, 3.05) is 33.7 Å². The Morgan fingerprint density at radius 2 is 0.861 bits per heavy atom. The molecule has 0 spiro atoms. The van der Waals surface area contributed by atoms with Gasteiger partial charge in [0.2, 0.25) is 0 Å². The molecule has 0 aliphatic carbocycles. The summed E-state index contributed by atoms with van der Waals surface area (Å²) in [6.45, 7) is 8.02. The lowest BCUT2D eigenvalue weighted by atomic mass is 10.0. The van der Waals surface area contributed by atoms with Crippen molar-refractivity contribution in [3.05, 3.63) is 0 Å². The van der Waals surface area contributed by atoms with Crippen LogP contribution >= 0.6 is 0 Å². The van der Waals surface area contributed by atoms with Crippen LogP contribution in [0.4, 0.5) is 0 Å². The van der Waals surface area contributed by atoms with Crippen LogP contribution < -0.4 is 5.32 Å². The Hall–Kier alpha value is -0.610. The first-order valence-corrected chi connectivity index (χ1v) is 16.1. The fourth-order valence-corrected chi connectivity index (χ4v) is 4.46. The lowest BCUT2D eigenvalue weighted by Crippen LogP contribution is -2.27. The average molecular weight is 513 g/mol. The van der Waals surface area contributed by atoms with Gasteiger partial charge in [-0.15, -0.1) is 0 Å². The highest BCUT2D eigenvalue weighted by Crippen LogP contribution is 2.13. The van der Waals surface area contributed by atoms with Crippen molar-refractivity contribution in [1.82, 2.24) is 10.2 Å². The van der Waals surface area contributed by atoms with Crippen molar-refractivity contribution in [1.29, 1.82) is 0 Å². The Labute approximate surface area is 227 Å². The SMILES string of the molecule is CCCCCCCCCCCCCCCCCC(=O)O.CCCCCCCCCCNCCN(C)C. The summed E-state index contributed by atoms with van der Waals surface area (Å²) in [5.74, 6) is -0.653.